The Labute approximate surface area is 150 Å². The molecule has 0 aliphatic heterocycles. The molecule has 0 heterocycles. The van der Waals surface area contributed by atoms with E-state index < -0.39 is 19.2 Å². The first-order valence-electron chi connectivity index (χ1n) is 8.56. The lowest BCUT2D eigenvalue weighted by atomic mass is 10.0. The minimum atomic E-state index is -2.95. The molecule has 4 nitrogen and oxygen atoms in total. The number of rotatable bonds is 8. The van der Waals surface area contributed by atoms with Crippen LogP contribution in [0.15, 0.2) is 60.7 Å². The lowest BCUT2D eigenvalue weighted by Gasteiger charge is -2.35. The highest BCUT2D eigenvalue weighted by molar-refractivity contribution is 7.68. The standard InChI is InChI=1S/C20H27N2O2P/c1-16(2)14-19(20(21)23)22(15-17-10-6-4-7-11-17)25(3,24)18-12-8-5-9-13-18/h4-13,16,19H,14-15H2,1-3H3,(H2,21,23)/t19-,25+/m1/s1. The van der Waals surface area contributed by atoms with Crippen LogP contribution in [0.25, 0.3) is 0 Å². The van der Waals surface area contributed by atoms with Gasteiger partial charge in [0.15, 0.2) is 7.29 Å². The van der Waals surface area contributed by atoms with Crippen LogP contribution in [0.2, 0.25) is 0 Å². The fraction of sp³-hybridized carbons (Fsp3) is 0.350. The molecule has 2 atom stereocenters. The van der Waals surface area contributed by atoms with Gasteiger partial charge in [-0.15, -0.1) is 0 Å². The number of carbonyl (C=O) groups excluding carboxylic acids is 1. The van der Waals surface area contributed by atoms with Crippen LogP contribution in [-0.4, -0.2) is 23.3 Å². The molecule has 2 N–H and O–H groups in total. The van der Waals surface area contributed by atoms with Gasteiger partial charge in [-0.25, -0.2) is 4.67 Å². The predicted molar refractivity (Wildman–Crippen MR) is 104 cm³/mol. The molecule has 1 amide bonds. The number of primary amides is 1. The molecule has 2 aromatic rings. The molecule has 0 saturated carbocycles. The van der Waals surface area contributed by atoms with Crippen molar-refractivity contribution in [1.29, 1.82) is 0 Å². The molecule has 2 rings (SSSR count). The van der Waals surface area contributed by atoms with Crippen molar-refractivity contribution in [2.75, 3.05) is 6.66 Å². The first kappa shape index (κ1) is 19.4. The van der Waals surface area contributed by atoms with E-state index in [2.05, 4.69) is 0 Å². The highest BCUT2D eigenvalue weighted by Crippen LogP contribution is 2.47. The zero-order valence-electron chi connectivity index (χ0n) is 15.1. The number of nitrogens with zero attached hydrogens (tertiary/aromatic N) is 1. The molecule has 0 fully saturated rings. The maximum Gasteiger partial charge on any atom is 0.235 e. The van der Waals surface area contributed by atoms with E-state index in [1.807, 2.05) is 74.5 Å². The second-order valence-corrected chi connectivity index (χ2v) is 9.63. The molecule has 134 valence electrons. The first-order chi connectivity index (χ1) is 11.8. The van der Waals surface area contributed by atoms with E-state index in [1.54, 1.807) is 11.3 Å². The lowest BCUT2D eigenvalue weighted by Crippen LogP contribution is -2.44. The third-order valence-electron chi connectivity index (χ3n) is 4.30. The second kappa shape index (κ2) is 8.46. The average molecular weight is 358 g/mol. The molecule has 0 bridgehead atoms. The fourth-order valence-corrected chi connectivity index (χ4v) is 5.16. The van der Waals surface area contributed by atoms with Crippen molar-refractivity contribution >= 4 is 18.5 Å². The maximum absolute atomic E-state index is 13.8. The zero-order chi connectivity index (χ0) is 18.4. The van der Waals surface area contributed by atoms with Gasteiger partial charge < -0.3 is 10.3 Å². The summed E-state index contributed by atoms with van der Waals surface area (Å²) in [6.07, 6.45) is 0.576. The highest BCUT2D eigenvalue weighted by Gasteiger charge is 2.36. The van der Waals surface area contributed by atoms with Gasteiger partial charge in [0.2, 0.25) is 5.91 Å². The van der Waals surface area contributed by atoms with Gasteiger partial charge in [0.05, 0.1) is 6.04 Å². The van der Waals surface area contributed by atoms with Crippen LogP contribution in [-0.2, 0) is 15.9 Å². The van der Waals surface area contributed by atoms with Gasteiger partial charge in [-0.1, -0.05) is 74.5 Å². The average Bonchev–Trinajstić information content (AvgIpc) is 2.59. The topological polar surface area (TPSA) is 63.4 Å². The van der Waals surface area contributed by atoms with E-state index in [4.69, 9.17) is 5.73 Å². The maximum atomic E-state index is 13.8. The van der Waals surface area contributed by atoms with Crippen molar-refractivity contribution < 1.29 is 9.36 Å². The van der Waals surface area contributed by atoms with E-state index in [1.165, 1.54) is 0 Å². The molecule has 0 aromatic heterocycles. The fourth-order valence-electron chi connectivity index (χ4n) is 2.97. The Balaban J connectivity index is 2.47. The van der Waals surface area contributed by atoms with Crippen molar-refractivity contribution in [3.05, 3.63) is 66.2 Å². The predicted octanol–water partition coefficient (Wildman–Crippen LogP) is 3.62. The number of nitrogens with two attached hydrogens (primary N) is 1. The molecule has 0 aliphatic rings. The minimum absolute atomic E-state index is 0.270. The Hall–Kier alpha value is -1.90. The smallest absolute Gasteiger partial charge is 0.235 e. The number of carbonyl (C=O) groups is 1. The number of hydrogen-bond donors (Lipinski definition) is 1. The number of hydrogen-bond acceptors (Lipinski definition) is 2. The monoisotopic (exact) mass is 358 g/mol. The van der Waals surface area contributed by atoms with E-state index >= 15 is 0 Å². The molecular formula is C20H27N2O2P. The summed E-state index contributed by atoms with van der Waals surface area (Å²) in [7, 11) is -2.95. The summed E-state index contributed by atoms with van der Waals surface area (Å²) in [6.45, 7) is 6.23. The Morgan fingerprint density at radius 2 is 1.56 bits per heavy atom. The van der Waals surface area contributed by atoms with Gasteiger partial charge in [0.1, 0.15) is 0 Å². The van der Waals surface area contributed by atoms with Crippen molar-refractivity contribution in [3.63, 3.8) is 0 Å². The third kappa shape index (κ3) is 5.04. The van der Waals surface area contributed by atoms with Crippen molar-refractivity contribution in [2.24, 2.45) is 11.7 Å². The van der Waals surface area contributed by atoms with Crippen molar-refractivity contribution in [1.82, 2.24) is 4.67 Å². The summed E-state index contributed by atoms with van der Waals surface area (Å²) >= 11 is 0. The SMILES string of the molecule is CC(C)C[C@H](C(N)=O)N(Cc1ccccc1)[P@@](C)(=O)c1ccccc1. The summed E-state index contributed by atoms with van der Waals surface area (Å²) in [5.74, 6) is -0.158. The number of amides is 1. The van der Waals surface area contributed by atoms with Crippen molar-refractivity contribution in [2.45, 2.75) is 32.9 Å². The quantitative estimate of drug-likeness (QED) is 0.733. The summed E-state index contributed by atoms with van der Waals surface area (Å²) in [5.41, 5.74) is 6.72. The molecule has 2 aromatic carbocycles. The zero-order valence-corrected chi connectivity index (χ0v) is 16.0. The van der Waals surface area contributed by atoms with Crippen LogP contribution in [0.3, 0.4) is 0 Å². The van der Waals surface area contributed by atoms with Gasteiger partial charge in [0.25, 0.3) is 0 Å². The summed E-state index contributed by atoms with van der Waals surface area (Å²) in [5, 5.41) is 0.737. The normalized spacial score (nSPS) is 15.1. The molecule has 25 heavy (non-hydrogen) atoms. The van der Waals surface area contributed by atoms with Crippen LogP contribution < -0.4 is 11.0 Å². The Kier molecular flexibility index (Phi) is 6.57. The van der Waals surface area contributed by atoms with E-state index in [0.717, 1.165) is 10.9 Å². The van der Waals surface area contributed by atoms with Gasteiger partial charge >= 0.3 is 0 Å². The van der Waals surface area contributed by atoms with E-state index in [9.17, 15) is 9.36 Å². The molecule has 0 spiro atoms. The molecule has 5 heteroatoms. The molecule has 0 saturated heterocycles. The number of benzene rings is 2. The second-order valence-electron chi connectivity index (χ2n) is 6.85. The van der Waals surface area contributed by atoms with Crippen LogP contribution in [0.4, 0.5) is 0 Å². The third-order valence-corrected chi connectivity index (χ3v) is 6.95. The Morgan fingerprint density at radius 3 is 2.04 bits per heavy atom. The van der Waals surface area contributed by atoms with Gasteiger partial charge in [0, 0.05) is 18.5 Å². The van der Waals surface area contributed by atoms with Crippen LogP contribution in [0.5, 0.6) is 0 Å². The summed E-state index contributed by atoms with van der Waals surface area (Å²) < 4.78 is 15.6. The summed E-state index contributed by atoms with van der Waals surface area (Å²) in [4.78, 5) is 12.2. The first-order valence-corrected chi connectivity index (χ1v) is 10.7. The van der Waals surface area contributed by atoms with Crippen molar-refractivity contribution in [3.8, 4) is 0 Å². The van der Waals surface area contributed by atoms with E-state index in [0.29, 0.717) is 13.0 Å². The van der Waals surface area contributed by atoms with Gasteiger partial charge in [-0.05, 0) is 17.9 Å². The van der Waals surface area contributed by atoms with Gasteiger partial charge in [-0.2, -0.15) is 0 Å². The Bertz CT molecular complexity index is 732. The van der Waals surface area contributed by atoms with Crippen LogP contribution in [0, 0.1) is 5.92 Å². The summed E-state index contributed by atoms with van der Waals surface area (Å²) in [6, 6.07) is 18.5. The van der Waals surface area contributed by atoms with Crippen LogP contribution in [0.1, 0.15) is 25.8 Å². The molecule has 0 unspecified atom stereocenters. The molecule has 0 radical (unpaired) electrons. The Morgan fingerprint density at radius 1 is 1.04 bits per heavy atom. The molecular weight excluding hydrogens is 331 g/mol. The lowest BCUT2D eigenvalue weighted by molar-refractivity contribution is -0.122. The molecule has 0 aliphatic carbocycles. The largest absolute Gasteiger partial charge is 0.368 e. The minimum Gasteiger partial charge on any atom is -0.368 e. The highest BCUT2D eigenvalue weighted by atomic mass is 31.2. The van der Waals surface area contributed by atoms with Gasteiger partial charge in [-0.3, -0.25) is 4.79 Å². The van der Waals surface area contributed by atoms with E-state index in [-0.39, 0.29) is 5.92 Å². The van der Waals surface area contributed by atoms with Crippen LogP contribution >= 0.6 is 7.29 Å².